The minimum atomic E-state index is -0.232. The molecule has 0 spiro atoms. The van der Waals surface area contributed by atoms with E-state index in [9.17, 15) is 9.59 Å². The minimum Gasteiger partial charge on any atom is -0.496 e. The third-order valence-corrected chi connectivity index (χ3v) is 5.94. The van der Waals surface area contributed by atoms with Crippen LogP contribution >= 0.6 is 0 Å². The summed E-state index contributed by atoms with van der Waals surface area (Å²) in [6.07, 6.45) is 7.78. The number of piperazine rings is 1. The van der Waals surface area contributed by atoms with Crippen molar-refractivity contribution in [1.82, 2.24) is 20.0 Å². The molecule has 1 aliphatic rings. The highest BCUT2D eigenvalue weighted by atomic mass is 16.5. The summed E-state index contributed by atoms with van der Waals surface area (Å²) in [6.45, 7) is 13.3. The molecule has 0 unspecified atom stereocenters. The van der Waals surface area contributed by atoms with Crippen molar-refractivity contribution >= 4 is 18.0 Å². The molecule has 0 radical (unpaired) electrons. The molecule has 1 aliphatic heterocycles. The Morgan fingerprint density at radius 2 is 1.82 bits per heavy atom. The molecule has 34 heavy (non-hydrogen) atoms. The average Bonchev–Trinajstić information content (AvgIpc) is 2.80. The van der Waals surface area contributed by atoms with Crippen LogP contribution in [0, 0.1) is 0 Å². The van der Waals surface area contributed by atoms with Crippen molar-refractivity contribution in [2.45, 2.75) is 58.9 Å². The van der Waals surface area contributed by atoms with E-state index in [0.717, 1.165) is 50.2 Å². The number of methoxy groups -OCH3 is 1. The molecule has 3 amide bonds. The maximum atomic E-state index is 12.9. The van der Waals surface area contributed by atoms with Crippen molar-refractivity contribution in [3.63, 3.8) is 0 Å². The van der Waals surface area contributed by atoms with Crippen molar-refractivity contribution in [2.24, 2.45) is 0 Å². The lowest BCUT2D eigenvalue weighted by molar-refractivity contribution is -0.131. The molecule has 1 fully saturated rings. The number of ether oxygens (including phenoxy) is 1. The van der Waals surface area contributed by atoms with E-state index in [2.05, 4.69) is 17.1 Å². The molecule has 0 saturated carbocycles. The van der Waals surface area contributed by atoms with Gasteiger partial charge in [-0.3, -0.25) is 9.69 Å². The van der Waals surface area contributed by atoms with Crippen LogP contribution in [0.2, 0.25) is 0 Å². The lowest BCUT2D eigenvalue weighted by Crippen LogP contribution is -2.55. The van der Waals surface area contributed by atoms with Gasteiger partial charge >= 0.3 is 6.03 Å². The van der Waals surface area contributed by atoms with Gasteiger partial charge in [-0.25, -0.2) is 4.79 Å². The van der Waals surface area contributed by atoms with Crippen LogP contribution < -0.4 is 10.1 Å². The Hall–Kier alpha value is -2.54. The van der Waals surface area contributed by atoms with Crippen molar-refractivity contribution in [1.29, 1.82) is 0 Å². The van der Waals surface area contributed by atoms with Crippen molar-refractivity contribution in [3.05, 3.63) is 35.9 Å². The summed E-state index contributed by atoms with van der Waals surface area (Å²) in [5.41, 5.74) is 0.775. The highest BCUT2D eigenvalue weighted by Crippen LogP contribution is 2.18. The van der Waals surface area contributed by atoms with E-state index in [0.29, 0.717) is 32.6 Å². The van der Waals surface area contributed by atoms with Gasteiger partial charge in [0.25, 0.3) is 0 Å². The SMILES string of the molecule is CCCCCC(=O)N(C/C=C/c1ccccc1OC)CCN1CCN(C(=O)NC(C)(C)C)CC1. The number of nitrogens with one attached hydrogen (secondary N) is 1. The van der Waals surface area contributed by atoms with Crippen LogP contribution in [0.25, 0.3) is 6.08 Å². The van der Waals surface area contributed by atoms with Gasteiger partial charge < -0.3 is 19.9 Å². The zero-order valence-electron chi connectivity index (χ0n) is 21.8. The zero-order chi connectivity index (χ0) is 25.0. The second-order valence-corrected chi connectivity index (χ2v) is 9.95. The standard InChI is InChI=1S/C27H44N4O3/c1-6-7-8-15-25(32)30(16-11-13-23-12-9-10-14-24(23)34-5)20-17-29-18-21-31(22-19-29)26(33)28-27(2,3)4/h9-14H,6-8,15-22H2,1-5H3,(H,28,33)/b13-11+. The van der Waals surface area contributed by atoms with Gasteiger partial charge in [0, 0.05) is 63.3 Å². The van der Waals surface area contributed by atoms with E-state index in [1.54, 1.807) is 7.11 Å². The number of carbonyl (C=O) groups excluding carboxylic acids is 2. The molecular weight excluding hydrogens is 428 g/mol. The Labute approximate surface area is 206 Å². The summed E-state index contributed by atoms with van der Waals surface area (Å²) >= 11 is 0. The van der Waals surface area contributed by atoms with Gasteiger partial charge in [-0.15, -0.1) is 0 Å². The number of amides is 3. The second kappa shape index (κ2) is 14.0. The molecule has 2 rings (SSSR count). The van der Waals surface area contributed by atoms with Crippen molar-refractivity contribution in [2.75, 3.05) is 52.9 Å². The van der Waals surface area contributed by atoms with E-state index in [1.165, 1.54) is 0 Å². The number of hydrogen-bond acceptors (Lipinski definition) is 4. The second-order valence-electron chi connectivity index (χ2n) is 9.95. The fourth-order valence-electron chi connectivity index (χ4n) is 3.95. The van der Waals surface area contributed by atoms with Crippen LogP contribution in [0.3, 0.4) is 0 Å². The number of benzene rings is 1. The Morgan fingerprint density at radius 1 is 1.12 bits per heavy atom. The van der Waals surface area contributed by atoms with Crippen LogP contribution in [0.5, 0.6) is 5.75 Å². The molecule has 0 aliphatic carbocycles. The first-order chi connectivity index (χ1) is 16.2. The Balaban J connectivity index is 1.90. The summed E-state index contributed by atoms with van der Waals surface area (Å²) in [5.74, 6) is 1.04. The number of nitrogens with zero attached hydrogens (tertiary/aromatic N) is 3. The van der Waals surface area contributed by atoms with E-state index >= 15 is 0 Å². The smallest absolute Gasteiger partial charge is 0.317 e. The lowest BCUT2D eigenvalue weighted by atomic mass is 10.1. The molecule has 1 saturated heterocycles. The fraction of sp³-hybridized carbons (Fsp3) is 0.630. The number of hydrogen-bond donors (Lipinski definition) is 1. The summed E-state index contributed by atoms with van der Waals surface area (Å²) in [6, 6.07) is 7.89. The van der Waals surface area contributed by atoms with Crippen molar-refractivity contribution in [3.8, 4) is 5.75 Å². The molecule has 7 heteroatoms. The monoisotopic (exact) mass is 472 g/mol. The molecule has 0 bridgehead atoms. The Morgan fingerprint density at radius 3 is 2.47 bits per heavy atom. The van der Waals surface area contributed by atoms with E-state index in [-0.39, 0.29) is 17.5 Å². The Bertz CT molecular complexity index is 795. The number of unbranched alkanes of at least 4 members (excludes halogenated alkanes) is 2. The third kappa shape index (κ3) is 9.75. The van der Waals surface area contributed by atoms with Gasteiger partial charge in [-0.1, -0.05) is 50.1 Å². The summed E-state index contributed by atoms with van der Waals surface area (Å²) in [4.78, 5) is 31.5. The summed E-state index contributed by atoms with van der Waals surface area (Å²) in [7, 11) is 1.67. The first-order valence-corrected chi connectivity index (χ1v) is 12.6. The van der Waals surface area contributed by atoms with E-state index in [4.69, 9.17) is 4.74 Å². The molecule has 1 aromatic carbocycles. The number of urea groups is 1. The van der Waals surface area contributed by atoms with Crippen LogP contribution in [-0.4, -0.2) is 85.1 Å². The fourth-order valence-corrected chi connectivity index (χ4v) is 3.95. The zero-order valence-corrected chi connectivity index (χ0v) is 21.8. The maximum Gasteiger partial charge on any atom is 0.317 e. The minimum absolute atomic E-state index is 0.00126. The van der Waals surface area contributed by atoms with Crippen LogP contribution in [0.1, 0.15) is 58.9 Å². The van der Waals surface area contributed by atoms with Crippen LogP contribution in [-0.2, 0) is 4.79 Å². The maximum absolute atomic E-state index is 12.9. The first-order valence-electron chi connectivity index (χ1n) is 12.6. The molecule has 1 N–H and O–H groups in total. The van der Waals surface area contributed by atoms with Crippen LogP contribution in [0.4, 0.5) is 4.79 Å². The van der Waals surface area contributed by atoms with Gasteiger partial charge in [-0.05, 0) is 33.3 Å². The van der Waals surface area contributed by atoms with Gasteiger partial charge in [-0.2, -0.15) is 0 Å². The highest BCUT2D eigenvalue weighted by molar-refractivity contribution is 5.76. The topological polar surface area (TPSA) is 65.1 Å². The van der Waals surface area contributed by atoms with Crippen LogP contribution in [0.15, 0.2) is 30.3 Å². The summed E-state index contributed by atoms with van der Waals surface area (Å²) < 4.78 is 5.42. The lowest BCUT2D eigenvalue weighted by Gasteiger charge is -2.37. The molecule has 0 atom stereocenters. The number of para-hydroxylation sites is 1. The van der Waals surface area contributed by atoms with Gasteiger partial charge in [0.05, 0.1) is 7.11 Å². The molecule has 7 nitrogen and oxygen atoms in total. The average molecular weight is 473 g/mol. The predicted molar refractivity (Wildman–Crippen MR) is 139 cm³/mol. The normalized spacial score (nSPS) is 14.9. The molecule has 190 valence electrons. The van der Waals surface area contributed by atoms with Gasteiger partial charge in [0.15, 0.2) is 0 Å². The molecule has 0 aromatic heterocycles. The van der Waals surface area contributed by atoms with Gasteiger partial charge in [0.1, 0.15) is 5.75 Å². The largest absolute Gasteiger partial charge is 0.496 e. The molecule has 1 heterocycles. The predicted octanol–water partition coefficient (Wildman–Crippen LogP) is 4.24. The number of rotatable bonds is 11. The van der Waals surface area contributed by atoms with E-state index in [1.807, 2.05) is 67.0 Å². The summed E-state index contributed by atoms with van der Waals surface area (Å²) in [5, 5.41) is 3.04. The highest BCUT2D eigenvalue weighted by Gasteiger charge is 2.24. The number of carbonyl (C=O) groups is 2. The van der Waals surface area contributed by atoms with Crippen molar-refractivity contribution < 1.29 is 14.3 Å². The third-order valence-electron chi connectivity index (χ3n) is 5.94. The molecule has 1 aromatic rings. The quantitative estimate of drug-likeness (QED) is 0.489. The van der Waals surface area contributed by atoms with Gasteiger partial charge in [0.2, 0.25) is 5.91 Å². The first kappa shape index (κ1) is 27.7. The molecular formula is C27H44N4O3. The Kier molecular flexibility index (Phi) is 11.4. The van der Waals surface area contributed by atoms with E-state index < -0.39 is 0 Å².